The molecule has 64 heavy (non-hydrogen) atoms. The number of anilines is 1. The van der Waals surface area contributed by atoms with E-state index < -0.39 is 11.9 Å². The molecular weight excluding hydrogens is 825 g/mol. The van der Waals surface area contributed by atoms with Gasteiger partial charge in [0.2, 0.25) is 18.4 Å². The molecule has 4 aromatic rings. The van der Waals surface area contributed by atoms with E-state index in [1.165, 1.54) is 19.1 Å². The molecule has 2 aromatic carbocycles. The van der Waals surface area contributed by atoms with Gasteiger partial charge in [-0.05, 0) is 87.1 Å². The Kier molecular flexibility index (Phi) is 19.1. The third kappa shape index (κ3) is 12.4. The number of hydrogen-bond acceptors (Lipinski definition) is 13. The van der Waals surface area contributed by atoms with E-state index in [2.05, 4.69) is 28.4 Å². The Morgan fingerprint density at radius 1 is 0.859 bits per heavy atom. The Morgan fingerprint density at radius 2 is 1.52 bits per heavy atom. The van der Waals surface area contributed by atoms with Crippen molar-refractivity contribution in [1.29, 1.82) is 5.26 Å². The fraction of sp³-hybridized carbons (Fsp3) is 0.500. The molecule has 0 radical (unpaired) electrons. The second kappa shape index (κ2) is 25.1. The molecule has 16 nitrogen and oxygen atoms in total. The molecule has 0 fully saturated rings. The minimum Gasteiger partial charge on any atom is -0.493 e. The van der Waals surface area contributed by atoms with Gasteiger partial charge in [0.15, 0.2) is 22.7 Å². The number of benzene rings is 2. The van der Waals surface area contributed by atoms with Crippen LogP contribution in [-0.4, -0.2) is 94.2 Å². The minimum absolute atomic E-state index is 0.100. The van der Waals surface area contributed by atoms with Crippen LogP contribution in [0.2, 0.25) is 0 Å². The van der Waals surface area contributed by atoms with E-state index in [1.807, 2.05) is 12.1 Å². The molecule has 0 spiro atoms. The number of carbonyl (C=O) groups excluding carboxylic acids is 4. The van der Waals surface area contributed by atoms with E-state index >= 15 is 0 Å². The van der Waals surface area contributed by atoms with E-state index in [0.29, 0.717) is 113 Å². The van der Waals surface area contributed by atoms with Gasteiger partial charge in [0.25, 0.3) is 0 Å². The number of aliphatic hydroxyl groups is 2. The zero-order chi connectivity index (χ0) is 45.8. The molecule has 1 aliphatic heterocycles. The summed E-state index contributed by atoms with van der Waals surface area (Å²) in [6, 6.07) is 7.55. The number of methoxy groups -OCH3 is 2. The van der Waals surface area contributed by atoms with Gasteiger partial charge >= 0.3 is 11.9 Å². The van der Waals surface area contributed by atoms with E-state index in [0.717, 1.165) is 36.8 Å². The number of carbonyl (C=O) groups is 4. The van der Waals surface area contributed by atoms with Crippen LogP contribution in [0, 0.1) is 17.9 Å². The lowest BCUT2D eigenvalue weighted by atomic mass is 9.96. The summed E-state index contributed by atoms with van der Waals surface area (Å²) in [6.07, 6.45) is 11.9. The summed E-state index contributed by atoms with van der Waals surface area (Å²) < 4.78 is 35.2. The molecule has 2 aromatic heterocycles. The SMILES string of the molecule is [C-]#[N+]CCCc1oc2c(OC)cc(CCC(=O)NCCO)cc2c1C(=O)OCCCCC=CCCCCOC(=O)c1c(CCCC#N)oc2c(OC)c3c(cc12)CCC(=O)N3CCO. The molecule has 342 valence electrons. The van der Waals surface area contributed by atoms with Gasteiger partial charge in [-0.2, -0.15) is 5.26 Å². The molecule has 3 N–H and O–H groups in total. The predicted molar refractivity (Wildman–Crippen MR) is 237 cm³/mol. The van der Waals surface area contributed by atoms with Crippen molar-refractivity contribution in [3.05, 3.63) is 75.5 Å². The van der Waals surface area contributed by atoms with Gasteiger partial charge in [0.1, 0.15) is 22.6 Å². The monoisotopic (exact) mass is 882 g/mol. The zero-order valence-corrected chi connectivity index (χ0v) is 36.8. The molecule has 0 unspecified atom stereocenters. The molecule has 1 aliphatic rings. The summed E-state index contributed by atoms with van der Waals surface area (Å²) in [6.45, 7) is 7.75. The molecule has 0 atom stereocenters. The Balaban J connectivity index is 1.10. The van der Waals surface area contributed by atoms with Crippen LogP contribution in [0.25, 0.3) is 26.8 Å². The number of hydrogen-bond donors (Lipinski definition) is 3. The van der Waals surface area contributed by atoms with Crippen LogP contribution < -0.4 is 19.7 Å². The van der Waals surface area contributed by atoms with Crippen molar-refractivity contribution >= 4 is 51.4 Å². The molecule has 2 amide bonds. The molecule has 0 saturated heterocycles. The maximum atomic E-state index is 13.6. The normalized spacial score (nSPS) is 12.3. The quantitative estimate of drug-likeness (QED) is 0.0236. The van der Waals surface area contributed by atoms with Gasteiger partial charge in [0, 0.05) is 62.4 Å². The second-order valence-electron chi connectivity index (χ2n) is 15.3. The number of nitriles is 1. The fourth-order valence-electron chi connectivity index (χ4n) is 7.81. The first-order valence-corrected chi connectivity index (χ1v) is 22.0. The highest BCUT2D eigenvalue weighted by atomic mass is 16.5. The molecule has 0 aliphatic carbocycles. The maximum absolute atomic E-state index is 13.6. The summed E-state index contributed by atoms with van der Waals surface area (Å²) in [4.78, 5) is 57.0. The Bertz CT molecular complexity index is 2370. The van der Waals surface area contributed by atoms with Crippen molar-refractivity contribution in [2.24, 2.45) is 0 Å². The number of nitrogens with one attached hydrogen (secondary N) is 1. The summed E-state index contributed by atoms with van der Waals surface area (Å²) in [5, 5.41) is 31.5. The number of aliphatic hydroxyl groups excluding tert-OH is 2. The number of esters is 2. The summed E-state index contributed by atoms with van der Waals surface area (Å²) in [5.41, 5.74) is 3.42. The Hall–Kier alpha value is -6.36. The maximum Gasteiger partial charge on any atom is 0.342 e. The van der Waals surface area contributed by atoms with E-state index in [4.69, 9.17) is 44.7 Å². The largest absolute Gasteiger partial charge is 0.493 e. The van der Waals surface area contributed by atoms with Crippen molar-refractivity contribution in [2.45, 2.75) is 96.3 Å². The van der Waals surface area contributed by atoms with Crippen LogP contribution in [0.4, 0.5) is 5.69 Å². The zero-order valence-electron chi connectivity index (χ0n) is 36.8. The summed E-state index contributed by atoms with van der Waals surface area (Å²) >= 11 is 0. The molecule has 5 rings (SSSR count). The van der Waals surface area contributed by atoms with Crippen LogP contribution in [-0.2, 0) is 44.7 Å². The van der Waals surface area contributed by atoms with Crippen LogP contribution >= 0.6 is 0 Å². The first-order chi connectivity index (χ1) is 31.2. The average molecular weight is 883 g/mol. The predicted octanol–water partition coefficient (Wildman–Crippen LogP) is 7.12. The van der Waals surface area contributed by atoms with Gasteiger partial charge < -0.3 is 53.1 Å². The fourth-order valence-corrected chi connectivity index (χ4v) is 7.81. The van der Waals surface area contributed by atoms with E-state index in [9.17, 15) is 24.3 Å². The molecule has 16 heteroatoms. The number of aryl methyl sites for hydroxylation is 4. The average Bonchev–Trinajstić information content (AvgIpc) is 3.85. The number of β-amino-alcohol motifs (C(OH)–C–C–N with tert-alkyl or cyclic N) is 1. The number of nitrogens with zero attached hydrogens (tertiary/aromatic N) is 3. The number of ether oxygens (including phenoxy) is 4. The van der Waals surface area contributed by atoms with Gasteiger partial charge in [-0.3, -0.25) is 9.59 Å². The smallest absolute Gasteiger partial charge is 0.342 e. The number of amides is 2. The number of furan rings is 2. The number of rotatable bonds is 27. The Morgan fingerprint density at radius 3 is 2.12 bits per heavy atom. The van der Waals surface area contributed by atoms with Crippen molar-refractivity contribution in [3.8, 4) is 17.6 Å². The first-order valence-electron chi connectivity index (χ1n) is 22.0. The third-order valence-corrected chi connectivity index (χ3v) is 10.9. The summed E-state index contributed by atoms with van der Waals surface area (Å²) in [7, 11) is 2.98. The topological polar surface area (TPSA) is 215 Å². The van der Waals surface area contributed by atoms with Crippen LogP contribution in [0.1, 0.15) is 114 Å². The number of allylic oxidation sites excluding steroid dienone is 2. The molecular formula is C48H58N4O12. The number of unbranched alkanes of at least 4 members (excludes halogenated alkanes) is 5. The standard InChI is InChI=1S/C48H58N4O12/c1-50-22-14-16-37-41(34-29-32(17-19-39(55)51-23-25-53)30-38(59-2)44(34)63-37)47(57)61-27-12-8-6-4-5-7-9-13-28-62-48(58)42-35-31-33-18-20-40(56)52(24-26-54)43(33)46(60-3)45(35)64-36(42)15-10-11-21-49/h4-5,29-31,53-54H,6-20,22-28H2,2-3H3,(H,51,55). The lowest BCUT2D eigenvalue weighted by Crippen LogP contribution is -2.37. The van der Waals surface area contributed by atoms with Crippen molar-refractivity contribution < 1.29 is 57.2 Å². The minimum atomic E-state index is -0.526. The van der Waals surface area contributed by atoms with E-state index in [1.54, 1.807) is 6.07 Å². The lowest BCUT2D eigenvalue weighted by molar-refractivity contribution is -0.121. The van der Waals surface area contributed by atoms with Crippen molar-refractivity contribution in [3.63, 3.8) is 0 Å². The summed E-state index contributed by atoms with van der Waals surface area (Å²) in [5.74, 6) is 0.176. The second-order valence-corrected chi connectivity index (χ2v) is 15.3. The molecule has 3 heterocycles. The Labute approximate surface area is 372 Å². The van der Waals surface area contributed by atoms with Crippen LogP contribution in [0.3, 0.4) is 0 Å². The van der Waals surface area contributed by atoms with E-state index in [-0.39, 0.29) is 77.1 Å². The highest BCUT2D eigenvalue weighted by Crippen LogP contribution is 2.45. The van der Waals surface area contributed by atoms with Crippen LogP contribution in [0.15, 0.2) is 39.2 Å². The van der Waals surface area contributed by atoms with Crippen molar-refractivity contribution in [1.82, 2.24) is 5.32 Å². The van der Waals surface area contributed by atoms with Gasteiger partial charge in [-0.1, -0.05) is 12.2 Å². The first kappa shape index (κ1) is 48.7. The van der Waals surface area contributed by atoms with Crippen molar-refractivity contribution in [2.75, 3.05) is 65.2 Å². The lowest BCUT2D eigenvalue weighted by Gasteiger charge is -2.30. The molecule has 0 bridgehead atoms. The highest BCUT2D eigenvalue weighted by Gasteiger charge is 2.33. The third-order valence-electron chi connectivity index (χ3n) is 10.9. The van der Waals surface area contributed by atoms with Gasteiger partial charge in [-0.25, -0.2) is 16.2 Å². The number of fused-ring (bicyclic) bond motifs is 3. The van der Waals surface area contributed by atoms with Gasteiger partial charge in [-0.15, -0.1) is 0 Å². The van der Waals surface area contributed by atoms with Gasteiger partial charge in [0.05, 0.1) is 52.4 Å². The molecule has 0 saturated carbocycles. The highest BCUT2D eigenvalue weighted by molar-refractivity contribution is 6.10. The van der Waals surface area contributed by atoms with Crippen LogP contribution in [0.5, 0.6) is 11.5 Å².